The summed E-state index contributed by atoms with van der Waals surface area (Å²) in [6.45, 7) is 0. The van der Waals surface area contributed by atoms with Crippen LogP contribution in [0.2, 0.25) is 0 Å². The Bertz CT molecular complexity index is 3270. The molecule has 12 rings (SSSR count). The van der Waals surface area contributed by atoms with E-state index in [-0.39, 0.29) is 32.7 Å². The summed E-state index contributed by atoms with van der Waals surface area (Å²) >= 11 is 5.41. The van der Waals surface area contributed by atoms with E-state index in [9.17, 15) is 0 Å². The lowest BCUT2D eigenvalue weighted by atomic mass is 10.3. The smallest absolute Gasteiger partial charge is 0.166 e. The summed E-state index contributed by atoms with van der Waals surface area (Å²) in [4.78, 5) is 45.4. The van der Waals surface area contributed by atoms with Crippen LogP contribution >= 0.6 is 43.1 Å². The molecule has 0 atom stereocenters. The summed E-state index contributed by atoms with van der Waals surface area (Å²) in [5.41, 5.74) is 0. The summed E-state index contributed by atoms with van der Waals surface area (Å²) < 4.78 is 8.55. The van der Waals surface area contributed by atoms with Crippen molar-refractivity contribution in [3.63, 3.8) is 0 Å². The zero-order chi connectivity index (χ0) is 57.3. The van der Waals surface area contributed by atoms with Gasteiger partial charge in [0.25, 0.3) is 0 Å². The van der Waals surface area contributed by atoms with Gasteiger partial charge in [0.15, 0.2) is 44.1 Å². The third-order valence-electron chi connectivity index (χ3n) is 12.0. The van der Waals surface area contributed by atoms with Crippen LogP contribution in [-0.4, -0.2) is 0 Å². The van der Waals surface area contributed by atoms with Crippen molar-refractivity contribution in [1.82, 2.24) is 0 Å². The fourth-order valence-electron chi connectivity index (χ4n) is 8.37. The van der Waals surface area contributed by atoms with Crippen molar-refractivity contribution in [1.29, 1.82) is 0 Å². The first kappa shape index (κ1) is 60.4. The molecular formula is C72H57O4PS6. The predicted octanol–water partition coefficient (Wildman–Crippen LogP) is 18.0. The van der Waals surface area contributed by atoms with Gasteiger partial charge in [-0.3, -0.25) is 0 Å². The van der Waals surface area contributed by atoms with Crippen molar-refractivity contribution in [2.45, 2.75) is 73.4 Å². The van der Waals surface area contributed by atoms with E-state index in [4.69, 9.17) is 19.2 Å². The molecule has 0 unspecified atom stereocenters. The standard InChI is InChI=1S/3C24H19S2.H3O4P/c3*1-4-10-20(11-5-1)25-21-16-18-24(19-17-21)26(22-12-6-2-7-13-22)23-14-8-3-9-15-23;1-5(2,3)4/h3*1-19H;(H3,1,2,3,4)/q3*+1;/p-3. The normalized spacial score (nSPS) is 10.9. The van der Waals surface area contributed by atoms with E-state index in [0.29, 0.717) is 0 Å². The van der Waals surface area contributed by atoms with Crippen molar-refractivity contribution in [2.24, 2.45) is 0 Å². The maximum absolute atomic E-state index is 8.55. The Hall–Kier alpha value is -7.15. The molecule has 12 aromatic rings. The SMILES string of the molecule is O=P([O-])([O-])[O-].c1ccc(Sc2ccc([S+](c3ccccc3)c3ccccc3)cc2)cc1.c1ccc(Sc2ccc([S+](c3ccccc3)c3ccccc3)cc2)cc1.c1ccc(Sc2ccc([S+](c3ccccc3)c3ccccc3)cc2)cc1. The van der Waals surface area contributed by atoms with Crippen molar-refractivity contribution in [3.8, 4) is 0 Å². The number of benzene rings is 12. The average Bonchev–Trinajstić information content (AvgIpc) is 3.69. The van der Waals surface area contributed by atoms with Gasteiger partial charge in [-0.25, -0.2) is 0 Å². The van der Waals surface area contributed by atoms with E-state index in [0.717, 1.165) is 0 Å². The Labute approximate surface area is 510 Å². The largest absolute Gasteiger partial charge is 0.822 e. The molecule has 0 saturated carbocycles. The lowest BCUT2D eigenvalue weighted by Gasteiger charge is -2.36. The fourth-order valence-corrected chi connectivity index (χ4v) is 17.1. The highest BCUT2D eigenvalue weighted by Crippen LogP contribution is 2.37. The van der Waals surface area contributed by atoms with Gasteiger partial charge in [0.1, 0.15) is 0 Å². The second-order valence-electron chi connectivity index (χ2n) is 17.9. The van der Waals surface area contributed by atoms with Crippen LogP contribution in [0, 0.1) is 0 Å². The Balaban J connectivity index is 0.000000144. The van der Waals surface area contributed by atoms with Crippen LogP contribution in [0.15, 0.2) is 419 Å². The fraction of sp³-hybridized carbons (Fsp3) is 0. The molecular weight excluding hydrogens is 1150 g/mol. The summed E-state index contributed by atoms with van der Waals surface area (Å²) in [6.07, 6.45) is 0. The summed E-state index contributed by atoms with van der Waals surface area (Å²) in [5.74, 6) is 0. The molecule has 0 fully saturated rings. The molecule has 0 saturated heterocycles. The van der Waals surface area contributed by atoms with Gasteiger partial charge in [-0.1, -0.05) is 199 Å². The van der Waals surface area contributed by atoms with Crippen molar-refractivity contribution < 1.29 is 19.2 Å². The Morgan fingerprint density at radius 2 is 0.313 bits per heavy atom. The zero-order valence-electron chi connectivity index (χ0n) is 44.9. The van der Waals surface area contributed by atoms with Gasteiger partial charge in [0.2, 0.25) is 0 Å². The van der Waals surface area contributed by atoms with Crippen LogP contribution in [0.3, 0.4) is 0 Å². The Morgan fingerprint density at radius 3 is 0.470 bits per heavy atom. The van der Waals surface area contributed by atoms with E-state index in [1.54, 1.807) is 35.3 Å². The van der Waals surface area contributed by atoms with E-state index >= 15 is 0 Å². The first-order chi connectivity index (χ1) is 40.7. The molecule has 410 valence electrons. The van der Waals surface area contributed by atoms with E-state index < -0.39 is 7.82 Å². The number of phosphoric acid groups is 1. The second-order valence-corrected chi connectivity index (χ2v) is 28.3. The molecule has 83 heavy (non-hydrogen) atoms. The van der Waals surface area contributed by atoms with E-state index in [2.05, 4.69) is 346 Å². The van der Waals surface area contributed by atoms with Crippen molar-refractivity contribution in [3.05, 3.63) is 346 Å². The predicted molar refractivity (Wildman–Crippen MR) is 344 cm³/mol. The summed E-state index contributed by atoms with van der Waals surface area (Å²) in [7, 11) is -5.62. The Morgan fingerprint density at radius 1 is 0.193 bits per heavy atom. The van der Waals surface area contributed by atoms with Crippen LogP contribution in [0.25, 0.3) is 0 Å². The molecule has 0 aliphatic heterocycles. The third kappa shape index (κ3) is 19.5. The minimum atomic E-state index is -5.39. The Kier molecular flexibility index (Phi) is 23.3. The van der Waals surface area contributed by atoms with Gasteiger partial charge < -0.3 is 19.2 Å². The molecule has 0 heterocycles. The number of hydrogen-bond donors (Lipinski definition) is 0. The van der Waals surface area contributed by atoms with Crippen LogP contribution in [0.4, 0.5) is 0 Å². The lowest BCUT2D eigenvalue weighted by Crippen LogP contribution is -2.24. The highest BCUT2D eigenvalue weighted by molar-refractivity contribution is 8.00. The molecule has 0 aliphatic rings. The van der Waals surface area contributed by atoms with Crippen LogP contribution in [0.5, 0.6) is 0 Å². The average molecular weight is 1210 g/mol. The zero-order valence-corrected chi connectivity index (χ0v) is 50.7. The maximum Gasteiger partial charge on any atom is 0.166 e. The highest BCUT2D eigenvalue weighted by atomic mass is 32.2. The molecule has 0 aromatic heterocycles. The number of hydrogen-bond acceptors (Lipinski definition) is 7. The maximum atomic E-state index is 8.55. The first-order valence-electron chi connectivity index (χ1n) is 26.5. The summed E-state index contributed by atoms with van der Waals surface area (Å²) in [6, 6.07) is 123. The van der Waals surface area contributed by atoms with Gasteiger partial charge >= 0.3 is 0 Å². The van der Waals surface area contributed by atoms with E-state index in [1.165, 1.54) is 73.4 Å². The molecule has 0 N–H and O–H groups in total. The second kappa shape index (κ2) is 32.1. The quantitative estimate of drug-likeness (QED) is 0.0746. The number of rotatable bonds is 15. The molecule has 0 aliphatic carbocycles. The lowest BCUT2D eigenvalue weighted by molar-refractivity contribution is -0.432. The topological polar surface area (TPSA) is 86.2 Å². The van der Waals surface area contributed by atoms with Gasteiger partial charge in [0.05, 0.1) is 32.7 Å². The minimum Gasteiger partial charge on any atom is -0.822 e. The molecule has 4 nitrogen and oxygen atoms in total. The van der Waals surface area contributed by atoms with Crippen molar-refractivity contribution >= 4 is 75.8 Å². The molecule has 11 heteroatoms. The molecule has 12 aromatic carbocycles. The van der Waals surface area contributed by atoms with Gasteiger partial charge in [-0.15, -0.1) is 0 Å². The van der Waals surface area contributed by atoms with Crippen LogP contribution < -0.4 is 14.7 Å². The summed E-state index contributed by atoms with van der Waals surface area (Å²) in [5, 5.41) is 0. The van der Waals surface area contributed by atoms with Crippen LogP contribution in [-0.2, 0) is 37.2 Å². The minimum absolute atomic E-state index is 0.0786. The monoisotopic (exact) mass is 1210 g/mol. The van der Waals surface area contributed by atoms with Gasteiger partial charge in [0, 0.05) is 29.4 Å². The molecule has 0 radical (unpaired) electrons. The van der Waals surface area contributed by atoms with Crippen molar-refractivity contribution in [2.75, 3.05) is 0 Å². The van der Waals surface area contributed by atoms with E-state index in [1.807, 2.05) is 0 Å². The van der Waals surface area contributed by atoms with Gasteiger partial charge in [-0.2, -0.15) is 7.82 Å². The molecule has 0 bridgehead atoms. The van der Waals surface area contributed by atoms with Gasteiger partial charge in [-0.05, 0) is 182 Å². The highest BCUT2D eigenvalue weighted by Gasteiger charge is 2.30. The molecule has 0 spiro atoms. The first-order valence-corrected chi connectivity index (χ1v) is 34.0. The molecule has 0 amide bonds. The third-order valence-corrected chi connectivity index (χ3v) is 21.7. The van der Waals surface area contributed by atoms with Crippen LogP contribution in [0.1, 0.15) is 0 Å².